The molecule has 2 aliphatic rings. The summed E-state index contributed by atoms with van der Waals surface area (Å²) < 4.78 is 26.2. The van der Waals surface area contributed by atoms with Crippen LogP contribution in [-0.2, 0) is 10.0 Å². The summed E-state index contributed by atoms with van der Waals surface area (Å²) in [6, 6.07) is 7.91. The molecule has 0 spiro atoms. The highest BCUT2D eigenvalue weighted by molar-refractivity contribution is 7.92. The number of rotatable bonds is 5. The first-order valence-electron chi connectivity index (χ1n) is 7.95. The zero-order valence-electron chi connectivity index (χ0n) is 13.4. The van der Waals surface area contributed by atoms with Crippen molar-refractivity contribution in [2.45, 2.75) is 12.8 Å². The Kier molecular flexibility index (Phi) is 4.32. The molecule has 2 fully saturated rings. The standard InChI is InChI=1S/C16H25N3O2S/c1-17-9-11-18(12-10-17)15-5-3-4-6-16(15)19(22(2,20)21)13-14-7-8-14/h3-6,14H,7-13H2,1-2H3. The highest BCUT2D eigenvalue weighted by atomic mass is 32.2. The van der Waals surface area contributed by atoms with Crippen molar-refractivity contribution >= 4 is 21.4 Å². The zero-order chi connectivity index (χ0) is 15.7. The molecule has 1 aromatic rings. The molecule has 122 valence electrons. The lowest BCUT2D eigenvalue weighted by atomic mass is 10.2. The second kappa shape index (κ2) is 6.08. The molecule has 0 unspecified atom stereocenters. The number of para-hydroxylation sites is 2. The van der Waals surface area contributed by atoms with E-state index in [4.69, 9.17) is 0 Å². The molecular weight excluding hydrogens is 298 g/mol. The van der Waals surface area contributed by atoms with Gasteiger partial charge in [-0.1, -0.05) is 12.1 Å². The molecule has 3 rings (SSSR count). The number of hydrogen-bond acceptors (Lipinski definition) is 4. The van der Waals surface area contributed by atoms with Crippen molar-refractivity contribution in [3.8, 4) is 0 Å². The minimum Gasteiger partial charge on any atom is -0.367 e. The van der Waals surface area contributed by atoms with Crippen LogP contribution in [0, 0.1) is 5.92 Å². The van der Waals surface area contributed by atoms with E-state index >= 15 is 0 Å². The Morgan fingerprint density at radius 3 is 2.36 bits per heavy atom. The van der Waals surface area contributed by atoms with Gasteiger partial charge in [-0.3, -0.25) is 4.31 Å². The number of likely N-dealkylation sites (N-methyl/N-ethyl adjacent to an activating group) is 1. The van der Waals surface area contributed by atoms with Crippen LogP contribution in [0.5, 0.6) is 0 Å². The Morgan fingerprint density at radius 1 is 1.14 bits per heavy atom. The fourth-order valence-corrected chi connectivity index (χ4v) is 3.93. The van der Waals surface area contributed by atoms with E-state index < -0.39 is 10.0 Å². The van der Waals surface area contributed by atoms with Gasteiger partial charge in [0, 0.05) is 32.7 Å². The van der Waals surface area contributed by atoms with Gasteiger partial charge in [-0.2, -0.15) is 0 Å². The summed E-state index contributed by atoms with van der Waals surface area (Å²) in [6.07, 6.45) is 3.60. The van der Waals surface area contributed by atoms with Crippen LogP contribution in [0.25, 0.3) is 0 Å². The monoisotopic (exact) mass is 323 g/mol. The number of nitrogens with zero attached hydrogens (tertiary/aromatic N) is 3. The van der Waals surface area contributed by atoms with Crippen molar-refractivity contribution in [2.75, 3.05) is 55.2 Å². The highest BCUT2D eigenvalue weighted by Crippen LogP contribution is 2.36. The van der Waals surface area contributed by atoms with Crippen molar-refractivity contribution in [1.82, 2.24) is 4.90 Å². The van der Waals surface area contributed by atoms with Crippen molar-refractivity contribution in [3.05, 3.63) is 24.3 Å². The summed E-state index contributed by atoms with van der Waals surface area (Å²) in [5, 5.41) is 0. The van der Waals surface area contributed by atoms with Gasteiger partial charge in [0.2, 0.25) is 10.0 Å². The van der Waals surface area contributed by atoms with Crippen LogP contribution >= 0.6 is 0 Å². The van der Waals surface area contributed by atoms with E-state index in [1.54, 1.807) is 4.31 Å². The first-order valence-corrected chi connectivity index (χ1v) is 9.80. The normalized spacial score (nSPS) is 20.2. The minimum absolute atomic E-state index is 0.523. The third kappa shape index (κ3) is 3.55. The SMILES string of the molecule is CN1CCN(c2ccccc2N(CC2CC2)S(C)(=O)=O)CC1. The van der Waals surface area contributed by atoms with E-state index in [9.17, 15) is 8.42 Å². The van der Waals surface area contributed by atoms with E-state index in [0.29, 0.717) is 12.5 Å². The molecule has 1 aliphatic carbocycles. The number of anilines is 2. The molecular formula is C16H25N3O2S. The van der Waals surface area contributed by atoms with Crippen molar-refractivity contribution < 1.29 is 8.42 Å². The van der Waals surface area contributed by atoms with Crippen molar-refractivity contribution in [2.24, 2.45) is 5.92 Å². The smallest absolute Gasteiger partial charge is 0.232 e. The zero-order valence-corrected chi connectivity index (χ0v) is 14.2. The molecule has 0 amide bonds. The highest BCUT2D eigenvalue weighted by Gasteiger charge is 2.30. The minimum atomic E-state index is -3.25. The van der Waals surface area contributed by atoms with Gasteiger partial charge >= 0.3 is 0 Å². The molecule has 0 atom stereocenters. The lowest BCUT2D eigenvalue weighted by Crippen LogP contribution is -2.45. The van der Waals surface area contributed by atoms with Gasteiger partial charge in [-0.15, -0.1) is 0 Å². The van der Waals surface area contributed by atoms with Crippen LogP contribution in [0.2, 0.25) is 0 Å². The van der Waals surface area contributed by atoms with Gasteiger partial charge in [-0.05, 0) is 37.9 Å². The van der Waals surface area contributed by atoms with E-state index in [0.717, 1.165) is 50.4 Å². The molecule has 0 radical (unpaired) electrons. The van der Waals surface area contributed by atoms with Gasteiger partial charge in [0.15, 0.2) is 0 Å². The molecule has 1 saturated heterocycles. The fraction of sp³-hybridized carbons (Fsp3) is 0.625. The number of hydrogen-bond donors (Lipinski definition) is 0. The Balaban J connectivity index is 1.91. The Labute approximate surface area is 133 Å². The van der Waals surface area contributed by atoms with Crippen LogP contribution < -0.4 is 9.21 Å². The Morgan fingerprint density at radius 2 is 1.77 bits per heavy atom. The topological polar surface area (TPSA) is 43.9 Å². The van der Waals surface area contributed by atoms with E-state index in [2.05, 4.69) is 16.8 Å². The van der Waals surface area contributed by atoms with Crippen molar-refractivity contribution in [3.63, 3.8) is 0 Å². The lowest BCUT2D eigenvalue weighted by molar-refractivity contribution is 0.313. The van der Waals surface area contributed by atoms with Gasteiger partial charge < -0.3 is 9.80 Å². The first-order chi connectivity index (χ1) is 10.4. The average molecular weight is 323 g/mol. The Hall–Kier alpha value is -1.27. The van der Waals surface area contributed by atoms with E-state index in [1.807, 2.05) is 24.3 Å². The summed E-state index contributed by atoms with van der Waals surface area (Å²) in [6.45, 7) is 4.51. The number of benzene rings is 1. The lowest BCUT2D eigenvalue weighted by Gasteiger charge is -2.36. The van der Waals surface area contributed by atoms with Gasteiger partial charge in [0.25, 0.3) is 0 Å². The molecule has 6 heteroatoms. The molecule has 1 aromatic carbocycles. The first kappa shape index (κ1) is 15.6. The van der Waals surface area contributed by atoms with Crippen LogP contribution in [-0.4, -0.2) is 59.3 Å². The fourth-order valence-electron chi connectivity index (χ4n) is 2.94. The van der Waals surface area contributed by atoms with Crippen molar-refractivity contribution in [1.29, 1.82) is 0 Å². The molecule has 1 saturated carbocycles. The van der Waals surface area contributed by atoms with Gasteiger partial charge in [0.1, 0.15) is 0 Å². The summed E-state index contributed by atoms with van der Waals surface area (Å²) in [7, 11) is -1.12. The number of piperazine rings is 1. The maximum absolute atomic E-state index is 12.3. The maximum Gasteiger partial charge on any atom is 0.232 e. The third-order valence-electron chi connectivity index (χ3n) is 4.52. The van der Waals surface area contributed by atoms with Gasteiger partial charge in [-0.25, -0.2) is 8.42 Å². The maximum atomic E-state index is 12.3. The molecule has 22 heavy (non-hydrogen) atoms. The van der Waals surface area contributed by atoms with E-state index in [-0.39, 0.29) is 0 Å². The largest absolute Gasteiger partial charge is 0.367 e. The second-order valence-electron chi connectivity index (χ2n) is 6.52. The van der Waals surface area contributed by atoms with Crippen LogP contribution in [0.4, 0.5) is 11.4 Å². The third-order valence-corrected chi connectivity index (χ3v) is 5.66. The summed E-state index contributed by atoms with van der Waals surface area (Å²) in [4.78, 5) is 4.61. The number of sulfonamides is 1. The average Bonchev–Trinajstić information content (AvgIpc) is 3.29. The van der Waals surface area contributed by atoms with Gasteiger partial charge in [0.05, 0.1) is 17.6 Å². The predicted molar refractivity (Wildman–Crippen MR) is 91.1 cm³/mol. The summed E-state index contributed by atoms with van der Waals surface area (Å²) >= 11 is 0. The Bertz CT molecular complexity index is 620. The molecule has 5 nitrogen and oxygen atoms in total. The molecule has 1 heterocycles. The summed E-state index contributed by atoms with van der Waals surface area (Å²) in [5.41, 5.74) is 1.88. The predicted octanol–water partition coefficient (Wildman–Crippen LogP) is 1.61. The molecule has 0 N–H and O–H groups in total. The van der Waals surface area contributed by atoms with Crippen LogP contribution in [0.3, 0.4) is 0 Å². The molecule has 0 aromatic heterocycles. The second-order valence-corrected chi connectivity index (χ2v) is 8.42. The molecule has 1 aliphatic heterocycles. The van der Waals surface area contributed by atoms with Crippen LogP contribution in [0.15, 0.2) is 24.3 Å². The van der Waals surface area contributed by atoms with Crippen LogP contribution in [0.1, 0.15) is 12.8 Å². The summed E-state index contributed by atoms with van der Waals surface area (Å²) in [5.74, 6) is 0.523. The van der Waals surface area contributed by atoms with E-state index in [1.165, 1.54) is 6.26 Å². The quantitative estimate of drug-likeness (QED) is 0.826. The molecule has 0 bridgehead atoms.